The monoisotopic (exact) mass is 332 g/mol. The Labute approximate surface area is 146 Å². The summed E-state index contributed by atoms with van der Waals surface area (Å²) in [7, 11) is 0. The van der Waals surface area contributed by atoms with Gasteiger partial charge in [0.1, 0.15) is 5.60 Å². The molecule has 0 spiro atoms. The zero-order chi connectivity index (χ0) is 17.4. The molecule has 1 aromatic carbocycles. The van der Waals surface area contributed by atoms with Crippen molar-refractivity contribution >= 4 is 6.09 Å². The molecule has 0 unspecified atom stereocenters. The maximum Gasteiger partial charge on any atom is 0.407 e. The van der Waals surface area contributed by atoms with Gasteiger partial charge in [0.2, 0.25) is 0 Å². The third-order valence-electron chi connectivity index (χ3n) is 4.37. The number of hydrogen-bond acceptors (Lipinski definition) is 3. The van der Waals surface area contributed by atoms with Crippen LogP contribution in [-0.4, -0.2) is 23.8 Å². The van der Waals surface area contributed by atoms with Crippen LogP contribution in [0.15, 0.2) is 30.3 Å². The fourth-order valence-corrected chi connectivity index (χ4v) is 3.19. The highest BCUT2D eigenvalue weighted by Crippen LogP contribution is 2.19. The lowest BCUT2D eigenvalue weighted by atomic mass is 9.93. The highest BCUT2D eigenvalue weighted by atomic mass is 16.6. The lowest BCUT2D eigenvalue weighted by Crippen LogP contribution is -2.40. The molecule has 0 aliphatic heterocycles. The van der Waals surface area contributed by atoms with E-state index in [9.17, 15) is 4.79 Å². The first-order valence-electron chi connectivity index (χ1n) is 9.19. The van der Waals surface area contributed by atoms with Gasteiger partial charge in [-0.15, -0.1) is 0 Å². The van der Waals surface area contributed by atoms with Crippen LogP contribution in [0.4, 0.5) is 4.79 Å². The molecule has 1 aliphatic rings. The molecule has 2 N–H and O–H groups in total. The molecule has 4 heteroatoms. The van der Waals surface area contributed by atoms with Gasteiger partial charge in [0.25, 0.3) is 0 Å². The van der Waals surface area contributed by atoms with Crippen LogP contribution < -0.4 is 10.6 Å². The molecule has 1 amide bonds. The molecule has 1 fully saturated rings. The first-order valence-corrected chi connectivity index (χ1v) is 9.19. The van der Waals surface area contributed by atoms with E-state index in [1.807, 2.05) is 20.8 Å². The van der Waals surface area contributed by atoms with E-state index < -0.39 is 5.60 Å². The summed E-state index contributed by atoms with van der Waals surface area (Å²) in [6.45, 7) is 6.63. The van der Waals surface area contributed by atoms with E-state index in [4.69, 9.17) is 4.74 Å². The molecule has 4 nitrogen and oxygen atoms in total. The predicted octanol–water partition coefficient (Wildman–Crippen LogP) is 4.39. The summed E-state index contributed by atoms with van der Waals surface area (Å²) in [5, 5.41) is 6.71. The molecule has 0 bridgehead atoms. The molecule has 1 aromatic rings. The number of hydrogen-bond donors (Lipinski definition) is 2. The number of alkyl carbamates (subject to hydrolysis) is 1. The number of amides is 1. The Hall–Kier alpha value is -1.55. The Balaban J connectivity index is 1.70. The van der Waals surface area contributed by atoms with Crippen molar-refractivity contribution in [3.05, 3.63) is 35.9 Å². The molecular formula is C20H32N2O2. The highest BCUT2D eigenvalue weighted by Gasteiger charge is 2.21. The topological polar surface area (TPSA) is 50.4 Å². The van der Waals surface area contributed by atoms with Crippen molar-refractivity contribution in [2.75, 3.05) is 0 Å². The van der Waals surface area contributed by atoms with E-state index >= 15 is 0 Å². The standard InChI is InChI=1S/C20H32N2O2/c1-20(2,3)24-19(23)22-18-13-7-11-17(12-8-14-18)21-15-16-9-5-4-6-10-16/h4-6,9-10,17-18,21H,7-8,11-15H2,1-3H3,(H,22,23). The van der Waals surface area contributed by atoms with E-state index in [0.29, 0.717) is 6.04 Å². The maximum atomic E-state index is 11.9. The number of nitrogens with one attached hydrogen (secondary N) is 2. The fourth-order valence-electron chi connectivity index (χ4n) is 3.19. The number of benzene rings is 1. The van der Waals surface area contributed by atoms with Gasteiger partial charge in [-0.3, -0.25) is 0 Å². The van der Waals surface area contributed by atoms with Crippen LogP contribution in [0.5, 0.6) is 0 Å². The summed E-state index contributed by atoms with van der Waals surface area (Å²) in [5.74, 6) is 0. The Kier molecular flexibility index (Phi) is 7.10. The van der Waals surface area contributed by atoms with Crippen LogP contribution in [0.25, 0.3) is 0 Å². The van der Waals surface area contributed by atoms with E-state index in [0.717, 1.165) is 32.2 Å². The molecule has 0 radical (unpaired) electrons. The molecule has 0 aromatic heterocycles. The van der Waals surface area contributed by atoms with Gasteiger partial charge in [-0.2, -0.15) is 0 Å². The van der Waals surface area contributed by atoms with E-state index in [1.54, 1.807) is 0 Å². The normalized spacial score (nSPS) is 22.3. The quantitative estimate of drug-likeness (QED) is 0.859. The number of carbonyl (C=O) groups is 1. The SMILES string of the molecule is CC(C)(C)OC(=O)NC1CCCC(NCc2ccccc2)CCC1. The summed E-state index contributed by atoms with van der Waals surface area (Å²) in [6, 6.07) is 11.4. The molecule has 0 heterocycles. The molecule has 1 saturated carbocycles. The summed E-state index contributed by atoms with van der Waals surface area (Å²) in [5.41, 5.74) is 0.905. The zero-order valence-electron chi connectivity index (χ0n) is 15.3. The minimum absolute atomic E-state index is 0.245. The molecule has 0 atom stereocenters. The lowest BCUT2D eigenvalue weighted by molar-refractivity contribution is 0.0496. The molecule has 1 aliphatic carbocycles. The second-order valence-electron chi connectivity index (χ2n) is 7.77. The van der Waals surface area contributed by atoms with Crippen molar-refractivity contribution in [3.63, 3.8) is 0 Å². The molecule has 0 saturated heterocycles. The van der Waals surface area contributed by atoms with Gasteiger partial charge >= 0.3 is 6.09 Å². The van der Waals surface area contributed by atoms with Crippen molar-refractivity contribution in [2.24, 2.45) is 0 Å². The average Bonchev–Trinajstić information content (AvgIpc) is 2.48. The smallest absolute Gasteiger partial charge is 0.407 e. The predicted molar refractivity (Wildman–Crippen MR) is 97.9 cm³/mol. The lowest BCUT2D eigenvalue weighted by Gasteiger charge is -2.27. The largest absolute Gasteiger partial charge is 0.444 e. The van der Waals surface area contributed by atoms with Crippen molar-refractivity contribution in [1.29, 1.82) is 0 Å². The molecule has 24 heavy (non-hydrogen) atoms. The Morgan fingerprint density at radius 2 is 1.62 bits per heavy atom. The van der Waals surface area contributed by atoms with E-state index in [2.05, 4.69) is 41.0 Å². The van der Waals surface area contributed by atoms with Gasteiger partial charge < -0.3 is 15.4 Å². The van der Waals surface area contributed by atoms with Crippen LogP contribution in [0.2, 0.25) is 0 Å². The van der Waals surface area contributed by atoms with Gasteiger partial charge in [-0.05, 0) is 64.9 Å². The first-order chi connectivity index (χ1) is 11.4. The van der Waals surface area contributed by atoms with Crippen molar-refractivity contribution < 1.29 is 9.53 Å². The van der Waals surface area contributed by atoms with Gasteiger partial charge in [-0.1, -0.05) is 30.3 Å². The van der Waals surface area contributed by atoms with Crippen LogP contribution >= 0.6 is 0 Å². The third kappa shape index (κ3) is 7.35. The average molecular weight is 332 g/mol. The summed E-state index contributed by atoms with van der Waals surface area (Å²) < 4.78 is 5.36. The van der Waals surface area contributed by atoms with Crippen LogP contribution in [0, 0.1) is 0 Å². The minimum atomic E-state index is -0.432. The first kappa shape index (κ1) is 18.8. The van der Waals surface area contributed by atoms with Crippen molar-refractivity contribution in [2.45, 2.75) is 83.5 Å². The van der Waals surface area contributed by atoms with E-state index in [-0.39, 0.29) is 12.1 Å². The van der Waals surface area contributed by atoms with Gasteiger partial charge in [-0.25, -0.2) is 4.79 Å². The van der Waals surface area contributed by atoms with Crippen molar-refractivity contribution in [1.82, 2.24) is 10.6 Å². The Morgan fingerprint density at radius 1 is 1.04 bits per heavy atom. The summed E-state index contributed by atoms with van der Waals surface area (Å²) in [4.78, 5) is 11.9. The second kappa shape index (κ2) is 9.07. The number of carbonyl (C=O) groups excluding carboxylic acids is 1. The summed E-state index contributed by atoms with van der Waals surface area (Å²) >= 11 is 0. The second-order valence-corrected chi connectivity index (χ2v) is 7.77. The van der Waals surface area contributed by atoms with Gasteiger partial charge in [0, 0.05) is 18.6 Å². The summed E-state index contributed by atoms with van der Waals surface area (Å²) in [6.07, 6.45) is 6.37. The number of rotatable bonds is 4. The number of ether oxygens (including phenoxy) is 1. The van der Waals surface area contributed by atoms with Crippen molar-refractivity contribution in [3.8, 4) is 0 Å². The Morgan fingerprint density at radius 3 is 2.21 bits per heavy atom. The minimum Gasteiger partial charge on any atom is -0.444 e. The highest BCUT2D eigenvalue weighted by molar-refractivity contribution is 5.68. The van der Waals surface area contributed by atoms with Crippen LogP contribution in [-0.2, 0) is 11.3 Å². The molecule has 134 valence electrons. The fraction of sp³-hybridized carbons (Fsp3) is 0.650. The Bertz CT molecular complexity index is 486. The van der Waals surface area contributed by atoms with Gasteiger partial charge in [0.05, 0.1) is 0 Å². The maximum absolute atomic E-state index is 11.9. The van der Waals surface area contributed by atoms with Gasteiger partial charge in [0.15, 0.2) is 0 Å². The third-order valence-corrected chi connectivity index (χ3v) is 4.37. The molecular weight excluding hydrogens is 300 g/mol. The van der Waals surface area contributed by atoms with Crippen LogP contribution in [0.1, 0.15) is 64.9 Å². The van der Waals surface area contributed by atoms with E-state index in [1.165, 1.54) is 18.4 Å². The van der Waals surface area contributed by atoms with Crippen LogP contribution in [0.3, 0.4) is 0 Å². The molecule has 2 rings (SSSR count). The zero-order valence-corrected chi connectivity index (χ0v) is 15.3.